The van der Waals surface area contributed by atoms with Crippen LogP contribution in [0.5, 0.6) is 0 Å². The summed E-state index contributed by atoms with van der Waals surface area (Å²) in [5.74, 6) is 0. The lowest BCUT2D eigenvalue weighted by atomic mass is 10.2. The van der Waals surface area contributed by atoms with Crippen LogP contribution in [-0.2, 0) is 0 Å². The zero-order chi connectivity index (χ0) is 12.3. The van der Waals surface area contributed by atoms with E-state index in [9.17, 15) is 0 Å². The Morgan fingerprint density at radius 2 is 2.41 bits per heavy atom. The molecule has 0 radical (unpaired) electrons. The fraction of sp³-hybridized carbons (Fsp3) is 0.692. The summed E-state index contributed by atoms with van der Waals surface area (Å²) >= 11 is 5.35. The number of rotatable bonds is 5. The molecule has 1 N–H and O–H groups in total. The van der Waals surface area contributed by atoms with Crippen molar-refractivity contribution in [2.45, 2.75) is 38.8 Å². The number of nitrogens with zero attached hydrogens (tertiary/aromatic N) is 1. The van der Waals surface area contributed by atoms with Gasteiger partial charge in [0.25, 0.3) is 0 Å². The predicted molar refractivity (Wildman–Crippen MR) is 78.7 cm³/mol. The van der Waals surface area contributed by atoms with Crippen LogP contribution in [0.4, 0.5) is 0 Å². The maximum Gasteiger partial charge on any atom is 0.0701 e. The highest BCUT2D eigenvalue weighted by molar-refractivity contribution is 9.11. The molecule has 0 saturated carbocycles. The molecule has 4 heteroatoms. The van der Waals surface area contributed by atoms with Crippen molar-refractivity contribution >= 4 is 27.3 Å². The standard InChI is InChI=1S/C13H21BrN2S/c1-3-16-8-4-5-11(16)9-15-10(2)12-6-7-13(14)17-12/h6-7,10-11,15H,3-5,8-9H2,1-2H3. The van der Waals surface area contributed by atoms with Crippen molar-refractivity contribution in [1.82, 2.24) is 10.2 Å². The van der Waals surface area contributed by atoms with E-state index in [2.05, 4.69) is 52.1 Å². The first-order valence-corrected chi connectivity index (χ1v) is 8.04. The average Bonchev–Trinajstić information content (AvgIpc) is 2.94. The molecule has 0 aromatic carbocycles. The molecule has 2 atom stereocenters. The molecule has 1 aliphatic heterocycles. The molecule has 1 aliphatic rings. The van der Waals surface area contributed by atoms with Crippen molar-refractivity contribution in [2.24, 2.45) is 0 Å². The Labute approximate surface area is 117 Å². The third-order valence-corrected chi connectivity index (χ3v) is 5.39. The second-order valence-corrected chi connectivity index (χ2v) is 7.19. The van der Waals surface area contributed by atoms with Crippen molar-refractivity contribution in [3.63, 3.8) is 0 Å². The van der Waals surface area contributed by atoms with Crippen LogP contribution in [0.1, 0.15) is 37.6 Å². The average molecular weight is 317 g/mol. The number of thiophene rings is 1. The Morgan fingerprint density at radius 1 is 1.59 bits per heavy atom. The highest BCUT2D eigenvalue weighted by Crippen LogP contribution is 2.27. The number of likely N-dealkylation sites (N-methyl/N-ethyl adjacent to an activating group) is 1. The first-order valence-electron chi connectivity index (χ1n) is 6.43. The smallest absolute Gasteiger partial charge is 0.0701 e. The molecule has 2 unspecified atom stereocenters. The van der Waals surface area contributed by atoms with Crippen molar-refractivity contribution in [2.75, 3.05) is 19.6 Å². The molecule has 1 saturated heterocycles. The molecule has 0 bridgehead atoms. The zero-order valence-corrected chi connectivity index (χ0v) is 13.0. The van der Waals surface area contributed by atoms with Gasteiger partial charge in [0, 0.05) is 23.5 Å². The summed E-state index contributed by atoms with van der Waals surface area (Å²) in [6, 6.07) is 5.54. The van der Waals surface area contributed by atoms with Gasteiger partial charge in [-0.3, -0.25) is 4.90 Å². The van der Waals surface area contributed by atoms with Gasteiger partial charge in [-0.1, -0.05) is 6.92 Å². The van der Waals surface area contributed by atoms with E-state index in [0.717, 1.165) is 12.6 Å². The monoisotopic (exact) mass is 316 g/mol. The van der Waals surface area contributed by atoms with Crippen LogP contribution < -0.4 is 5.32 Å². The Morgan fingerprint density at radius 3 is 3.06 bits per heavy atom. The first kappa shape index (κ1) is 13.5. The van der Waals surface area contributed by atoms with Crippen molar-refractivity contribution in [3.05, 3.63) is 20.8 Å². The van der Waals surface area contributed by atoms with Crippen molar-refractivity contribution < 1.29 is 0 Å². The summed E-state index contributed by atoms with van der Waals surface area (Å²) in [5, 5.41) is 3.67. The van der Waals surface area contributed by atoms with E-state index in [4.69, 9.17) is 0 Å². The molecular formula is C13H21BrN2S. The predicted octanol–water partition coefficient (Wildman–Crippen LogP) is 3.65. The molecular weight excluding hydrogens is 296 g/mol. The van der Waals surface area contributed by atoms with Crippen molar-refractivity contribution in [3.8, 4) is 0 Å². The van der Waals surface area contributed by atoms with Gasteiger partial charge in [-0.25, -0.2) is 0 Å². The third-order valence-electron chi connectivity index (χ3n) is 3.59. The second kappa shape index (κ2) is 6.32. The normalized spacial score (nSPS) is 23.1. The van der Waals surface area contributed by atoms with E-state index in [0.29, 0.717) is 6.04 Å². The van der Waals surface area contributed by atoms with Crippen LogP contribution in [-0.4, -0.2) is 30.6 Å². The molecule has 96 valence electrons. The van der Waals surface area contributed by atoms with Gasteiger partial charge in [0.1, 0.15) is 0 Å². The topological polar surface area (TPSA) is 15.3 Å². The molecule has 1 fully saturated rings. The lowest BCUT2D eigenvalue weighted by Gasteiger charge is -2.24. The number of nitrogens with one attached hydrogen (secondary N) is 1. The van der Waals surface area contributed by atoms with Gasteiger partial charge in [0.05, 0.1) is 3.79 Å². The molecule has 2 heterocycles. The number of hydrogen-bond acceptors (Lipinski definition) is 3. The van der Waals surface area contributed by atoms with Crippen LogP contribution in [0, 0.1) is 0 Å². The van der Waals surface area contributed by atoms with E-state index in [1.54, 1.807) is 0 Å². The first-order chi connectivity index (χ1) is 8.20. The quantitative estimate of drug-likeness (QED) is 0.892. The fourth-order valence-corrected chi connectivity index (χ4v) is 3.97. The SMILES string of the molecule is CCN1CCCC1CNC(C)c1ccc(Br)s1. The van der Waals surface area contributed by atoms with Crippen LogP contribution in [0.2, 0.25) is 0 Å². The van der Waals surface area contributed by atoms with Crippen LogP contribution >= 0.6 is 27.3 Å². The molecule has 1 aromatic rings. The summed E-state index contributed by atoms with van der Waals surface area (Å²) in [7, 11) is 0. The summed E-state index contributed by atoms with van der Waals surface area (Å²) in [6.07, 6.45) is 2.71. The number of likely N-dealkylation sites (tertiary alicyclic amines) is 1. The van der Waals surface area contributed by atoms with E-state index in [1.165, 1.54) is 34.6 Å². The third kappa shape index (κ3) is 3.53. The highest BCUT2D eigenvalue weighted by Gasteiger charge is 2.23. The Balaban J connectivity index is 1.81. The van der Waals surface area contributed by atoms with Crippen LogP contribution in [0.25, 0.3) is 0 Å². The molecule has 0 spiro atoms. The van der Waals surface area contributed by atoms with E-state index in [-0.39, 0.29) is 0 Å². The van der Waals surface area contributed by atoms with Gasteiger partial charge < -0.3 is 5.32 Å². The molecule has 17 heavy (non-hydrogen) atoms. The zero-order valence-electron chi connectivity index (χ0n) is 10.6. The molecule has 1 aromatic heterocycles. The van der Waals surface area contributed by atoms with E-state index >= 15 is 0 Å². The summed E-state index contributed by atoms with van der Waals surface area (Å²) in [4.78, 5) is 4.00. The van der Waals surface area contributed by atoms with Gasteiger partial charge >= 0.3 is 0 Å². The minimum absolute atomic E-state index is 0.464. The highest BCUT2D eigenvalue weighted by atomic mass is 79.9. The molecule has 0 aliphatic carbocycles. The van der Waals surface area contributed by atoms with Gasteiger partial charge in [-0.15, -0.1) is 11.3 Å². The fourth-order valence-electron chi connectivity index (χ4n) is 2.52. The van der Waals surface area contributed by atoms with Gasteiger partial charge in [0.15, 0.2) is 0 Å². The van der Waals surface area contributed by atoms with Crippen LogP contribution in [0.3, 0.4) is 0 Å². The summed E-state index contributed by atoms with van der Waals surface area (Å²) < 4.78 is 1.22. The largest absolute Gasteiger partial charge is 0.308 e. The lowest BCUT2D eigenvalue weighted by Crippen LogP contribution is -2.38. The number of halogens is 1. The Kier molecular flexibility index (Phi) is 5.03. The van der Waals surface area contributed by atoms with Crippen molar-refractivity contribution in [1.29, 1.82) is 0 Å². The van der Waals surface area contributed by atoms with Gasteiger partial charge in [-0.05, 0) is 60.9 Å². The van der Waals surface area contributed by atoms with E-state index in [1.807, 2.05) is 11.3 Å². The molecule has 2 rings (SSSR count). The Bertz CT molecular complexity index is 353. The Hall–Kier alpha value is 0.1000. The van der Waals surface area contributed by atoms with Crippen LogP contribution in [0.15, 0.2) is 15.9 Å². The summed E-state index contributed by atoms with van der Waals surface area (Å²) in [5.41, 5.74) is 0. The summed E-state index contributed by atoms with van der Waals surface area (Å²) in [6.45, 7) is 8.10. The number of hydrogen-bond donors (Lipinski definition) is 1. The molecule has 2 nitrogen and oxygen atoms in total. The van der Waals surface area contributed by atoms with Gasteiger partial charge in [0.2, 0.25) is 0 Å². The minimum Gasteiger partial charge on any atom is -0.308 e. The minimum atomic E-state index is 0.464. The maximum atomic E-state index is 3.67. The second-order valence-electron chi connectivity index (χ2n) is 4.70. The molecule has 0 amide bonds. The van der Waals surface area contributed by atoms with Gasteiger partial charge in [-0.2, -0.15) is 0 Å². The lowest BCUT2D eigenvalue weighted by molar-refractivity contribution is 0.255. The van der Waals surface area contributed by atoms with E-state index < -0.39 is 0 Å². The maximum absolute atomic E-state index is 3.67.